The van der Waals surface area contributed by atoms with Crippen molar-refractivity contribution in [1.29, 1.82) is 0 Å². The Morgan fingerprint density at radius 3 is 1.42 bits per heavy atom. The number of phosphoric acid groups is 1. The molecule has 52 heavy (non-hydrogen) atoms. The highest BCUT2D eigenvalue weighted by atomic mass is 31.2. The maximum Gasteiger partial charge on any atom is 0.472 e. The normalized spacial score (nSPS) is 14.6. The highest BCUT2D eigenvalue weighted by Gasteiger charge is 2.25. The summed E-state index contributed by atoms with van der Waals surface area (Å²) < 4.78 is 32.4. The average molecular weight is 743 g/mol. The van der Waals surface area contributed by atoms with Gasteiger partial charge in [0.2, 0.25) is 0 Å². The van der Waals surface area contributed by atoms with Crippen molar-refractivity contribution in [1.82, 2.24) is 0 Å². The van der Waals surface area contributed by atoms with E-state index in [9.17, 15) is 19.0 Å². The number of allylic oxidation sites excluding steroid dienone is 18. The van der Waals surface area contributed by atoms with E-state index in [0.29, 0.717) is 12.8 Å². The van der Waals surface area contributed by atoms with Crippen LogP contribution in [0, 0.1) is 0 Å². The smallest absolute Gasteiger partial charge is 0.462 e. The minimum absolute atomic E-state index is 0.0248. The van der Waals surface area contributed by atoms with Crippen LogP contribution in [0.2, 0.25) is 0 Å². The second-order valence-electron chi connectivity index (χ2n) is 11.8. The number of carbonyl (C=O) groups is 2. The van der Waals surface area contributed by atoms with E-state index in [2.05, 4.69) is 111 Å². The zero-order chi connectivity index (χ0) is 38.2. The Hall–Kier alpha value is -3.29. The monoisotopic (exact) mass is 742 g/mol. The second kappa shape index (κ2) is 37.5. The third-order valence-corrected chi connectivity index (χ3v) is 8.15. The maximum absolute atomic E-state index is 12.5. The highest BCUT2D eigenvalue weighted by molar-refractivity contribution is 7.47. The first-order valence-corrected chi connectivity index (χ1v) is 20.7. The molecular formula is C43H67O8P. The number of rotatable bonds is 33. The lowest BCUT2D eigenvalue weighted by Crippen LogP contribution is -2.29. The molecule has 8 nitrogen and oxygen atoms in total. The molecule has 0 rings (SSSR count). The van der Waals surface area contributed by atoms with E-state index in [-0.39, 0.29) is 26.1 Å². The largest absolute Gasteiger partial charge is 0.472 e. The molecule has 0 heterocycles. The SMILES string of the molecule is CC/C=C\C/C=C\C/C=C\C/C=C\C/C=C\C/C=C\CCC(=O)OC(COC(=O)CCCCC/C=C\C/C=C\C/C=C\CC)COP(=O)(O)OCC. The fourth-order valence-corrected chi connectivity index (χ4v) is 5.13. The van der Waals surface area contributed by atoms with Crippen LogP contribution in [0.5, 0.6) is 0 Å². The minimum atomic E-state index is -4.31. The number of hydrogen-bond acceptors (Lipinski definition) is 7. The van der Waals surface area contributed by atoms with E-state index in [1.54, 1.807) is 6.92 Å². The van der Waals surface area contributed by atoms with Gasteiger partial charge in [-0.15, -0.1) is 0 Å². The molecule has 1 N–H and O–H groups in total. The number of hydrogen-bond donors (Lipinski definition) is 1. The van der Waals surface area contributed by atoms with E-state index >= 15 is 0 Å². The molecule has 0 spiro atoms. The van der Waals surface area contributed by atoms with Gasteiger partial charge in [0.25, 0.3) is 0 Å². The van der Waals surface area contributed by atoms with Crippen molar-refractivity contribution in [3.8, 4) is 0 Å². The van der Waals surface area contributed by atoms with Gasteiger partial charge >= 0.3 is 19.8 Å². The van der Waals surface area contributed by atoms with Gasteiger partial charge in [0, 0.05) is 12.8 Å². The second-order valence-corrected chi connectivity index (χ2v) is 13.3. The zero-order valence-electron chi connectivity index (χ0n) is 32.2. The number of esters is 2. The molecule has 0 bridgehead atoms. The topological polar surface area (TPSA) is 108 Å². The fourth-order valence-electron chi connectivity index (χ4n) is 4.37. The van der Waals surface area contributed by atoms with Crippen LogP contribution in [0.3, 0.4) is 0 Å². The van der Waals surface area contributed by atoms with Crippen molar-refractivity contribution < 1.29 is 37.6 Å². The lowest BCUT2D eigenvalue weighted by Gasteiger charge is -2.19. The Morgan fingerprint density at radius 1 is 0.519 bits per heavy atom. The van der Waals surface area contributed by atoms with Gasteiger partial charge in [-0.05, 0) is 90.4 Å². The molecule has 0 aromatic heterocycles. The fraction of sp³-hybridized carbons (Fsp3) is 0.535. The van der Waals surface area contributed by atoms with Gasteiger partial charge in [0.1, 0.15) is 6.61 Å². The Morgan fingerprint density at radius 2 is 0.962 bits per heavy atom. The van der Waals surface area contributed by atoms with Crippen molar-refractivity contribution in [3.63, 3.8) is 0 Å². The minimum Gasteiger partial charge on any atom is -0.462 e. The number of carbonyl (C=O) groups excluding carboxylic acids is 2. The van der Waals surface area contributed by atoms with E-state index in [4.69, 9.17) is 18.5 Å². The Bertz CT molecular complexity index is 1210. The number of unbranched alkanes of at least 4 members (excludes halogenated alkanes) is 3. The van der Waals surface area contributed by atoms with Gasteiger partial charge in [-0.2, -0.15) is 0 Å². The van der Waals surface area contributed by atoms with Gasteiger partial charge in [-0.25, -0.2) is 4.57 Å². The molecule has 9 heteroatoms. The van der Waals surface area contributed by atoms with Crippen LogP contribution < -0.4 is 0 Å². The van der Waals surface area contributed by atoms with Crippen LogP contribution in [-0.4, -0.2) is 42.8 Å². The molecular weight excluding hydrogens is 675 g/mol. The molecule has 0 fully saturated rings. The van der Waals surface area contributed by atoms with E-state index in [1.807, 2.05) is 12.2 Å². The van der Waals surface area contributed by atoms with Gasteiger partial charge in [0.05, 0.1) is 13.2 Å². The Balaban J connectivity index is 4.36. The summed E-state index contributed by atoms with van der Waals surface area (Å²) in [6.45, 7) is 5.08. The van der Waals surface area contributed by atoms with Gasteiger partial charge in [-0.1, -0.05) is 130 Å². The molecule has 0 aliphatic rings. The van der Waals surface area contributed by atoms with Crippen LogP contribution in [0.4, 0.5) is 0 Å². The molecule has 2 unspecified atom stereocenters. The molecule has 2 atom stereocenters. The Kier molecular flexibility index (Phi) is 35.1. The lowest BCUT2D eigenvalue weighted by atomic mass is 10.1. The molecule has 292 valence electrons. The van der Waals surface area contributed by atoms with Crippen LogP contribution in [0.1, 0.15) is 124 Å². The third kappa shape index (κ3) is 36.5. The lowest BCUT2D eigenvalue weighted by molar-refractivity contribution is -0.161. The number of phosphoric ester groups is 1. The Labute approximate surface area is 315 Å². The number of ether oxygens (including phenoxy) is 2. The van der Waals surface area contributed by atoms with Crippen LogP contribution in [-0.2, 0) is 32.7 Å². The molecule has 0 saturated carbocycles. The van der Waals surface area contributed by atoms with E-state index in [0.717, 1.165) is 77.0 Å². The summed E-state index contributed by atoms with van der Waals surface area (Å²) in [5.74, 6) is -0.945. The van der Waals surface area contributed by atoms with Gasteiger partial charge in [0.15, 0.2) is 6.10 Å². The third-order valence-electron chi connectivity index (χ3n) is 7.09. The van der Waals surface area contributed by atoms with Crippen LogP contribution in [0.25, 0.3) is 0 Å². The first kappa shape index (κ1) is 48.7. The standard InChI is InChI=1S/C43H67O8P/c1-4-7-9-11-13-15-17-19-20-21-22-23-24-26-28-30-32-34-36-38-43(45)51-41(40-50-52(46,47)49-6-3)39-48-42(44)37-35-33-31-29-27-25-18-16-14-12-10-8-5-2/h7-10,13-16,19-20,22-23,25-28,32,34,41H,4-6,11-12,17-18,21,24,29-31,33,35-40H2,1-3H3,(H,46,47)/b9-7-,10-8-,15-13-,16-14-,20-19-,23-22-,27-25-,28-26-,34-32-. The van der Waals surface area contributed by atoms with Gasteiger partial charge in [-0.3, -0.25) is 18.6 Å². The molecule has 0 radical (unpaired) electrons. The van der Waals surface area contributed by atoms with E-state index < -0.39 is 32.5 Å². The first-order chi connectivity index (χ1) is 25.3. The van der Waals surface area contributed by atoms with Gasteiger partial charge < -0.3 is 14.4 Å². The quantitative estimate of drug-likeness (QED) is 0.0306. The molecule has 0 aliphatic heterocycles. The zero-order valence-corrected chi connectivity index (χ0v) is 33.1. The molecule has 0 aromatic carbocycles. The highest BCUT2D eigenvalue weighted by Crippen LogP contribution is 2.43. The maximum atomic E-state index is 12.5. The van der Waals surface area contributed by atoms with Crippen LogP contribution >= 0.6 is 7.82 Å². The summed E-state index contributed by atoms with van der Waals surface area (Å²) in [6, 6.07) is 0. The van der Waals surface area contributed by atoms with Crippen molar-refractivity contribution >= 4 is 19.8 Å². The summed E-state index contributed by atoms with van der Waals surface area (Å²) >= 11 is 0. The van der Waals surface area contributed by atoms with Crippen molar-refractivity contribution in [3.05, 3.63) is 109 Å². The summed E-state index contributed by atoms with van der Waals surface area (Å²) in [5.41, 5.74) is 0. The summed E-state index contributed by atoms with van der Waals surface area (Å²) in [5, 5.41) is 0. The van der Waals surface area contributed by atoms with Crippen molar-refractivity contribution in [2.45, 2.75) is 130 Å². The van der Waals surface area contributed by atoms with Crippen LogP contribution in [0.15, 0.2) is 109 Å². The first-order valence-electron chi connectivity index (χ1n) is 19.2. The summed E-state index contributed by atoms with van der Waals surface area (Å²) in [7, 11) is -4.31. The summed E-state index contributed by atoms with van der Waals surface area (Å²) in [4.78, 5) is 34.6. The molecule has 0 aromatic rings. The molecule has 0 aliphatic carbocycles. The molecule has 0 amide bonds. The predicted molar refractivity (Wildman–Crippen MR) is 216 cm³/mol. The summed E-state index contributed by atoms with van der Waals surface area (Å²) in [6.07, 6.45) is 50.2. The van der Waals surface area contributed by atoms with E-state index in [1.165, 1.54) is 0 Å². The average Bonchev–Trinajstić information content (AvgIpc) is 3.12. The molecule has 0 saturated heterocycles. The van der Waals surface area contributed by atoms with Crippen molar-refractivity contribution in [2.75, 3.05) is 19.8 Å². The predicted octanol–water partition coefficient (Wildman–Crippen LogP) is 11.9. The van der Waals surface area contributed by atoms with Crippen molar-refractivity contribution in [2.24, 2.45) is 0 Å².